The van der Waals surface area contributed by atoms with Gasteiger partial charge in [-0.3, -0.25) is 14.4 Å². The highest BCUT2D eigenvalue weighted by Crippen LogP contribution is 2.42. The number of ether oxygens (including phenoxy) is 3. The number of alkyl halides is 2. The van der Waals surface area contributed by atoms with Crippen molar-refractivity contribution in [3.63, 3.8) is 0 Å². The van der Waals surface area contributed by atoms with Crippen molar-refractivity contribution in [2.45, 2.75) is 45.4 Å². The number of unbranched alkanes of at least 4 members (excludes halogenated alkanes) is 1. The second-order valence-corrected chi connectivity index (χ2v) is 7.90. The lowest BCUT2D eigenvalue weighted by atomic mass is 10.2. The molecular weight excluding hydrogens is 464 g/mol. The number of nitrogens with zero attached hydrogens (tertiary/aromatic N) is 2. The summed E-state index contributed by atoms with van der Waals surface area (Å²) in [6.45, 7) is 2.00. The van der Waals surface area contributed by atoms with E-state index in [1.165, 1.54) is 18.2 Å². The van der Waals surface area contributed by atoms with Crippen molar-refractivity contribution in [1.29, 1.82) is 0 Å². The molecule has 0 bridgehead atoms. The van der Waals surface area contributed by atoms with Crippen LogP contribution in [0.1, 0.15) is 31.9 Å². The minimum absolute atomic E-state index is 0.0621. The van der Waals surface area contributed by atoms with E-state index in [9.17, 15) is 23.2 Å². The molecule has 1 aromatic heterocycles. The number of carbonyl (C=O) groups excluding carboxylic acids is 2. The van der Waals surface area contributed by atoms with Crippen LogP contribution in [0, 0.1) is 0 Å². The van der Waals surface area contributed by atoms with E-state index in [0.29, 0.717) is 12.1 Å². The molecule has 0 saturated carbocycles. The standard InChI is InChI=1S/C24H23F2N3O6/c1-2-3-12-29-18-7-5-4-6-16(18)28-17(23(29)32)9-11-22(31)33-14-21(30)27-15-8-10-19-20(13-15)35-24(25,26)34-19/h4-8,10,13H,2-3,9,11-12,14H2,1H3,(H,27,30). The van der Waals surface area contributed by atoms with Crippen LogP contribution in [0.2, 0.25) is 0 Å². The largest absolute Gasteiger partial charge is 0.586 e. The Bertz CT molecular complexity index is 1320. The molecule has 4 rings (SSSR count). The number of rotatable bonds is 9. The van der Waals surface area contributed by atoms with Gasteiger partial charge in [-0.05, 0) is 30.7 Å². The van der Waals surface area contributed by atoms with Gasteiger partial charge in [0.25, 0.3) is 11.5 Å². The van der Waals surface area contributed by atoms with Crippen LogP contribution in [-0.2, 0) is 27.3 Å². The van der Waals surface area contributed by atoms with Gasteiger partial charge < -0.3 is 24.1 Å². The van der Waals surface area contributed by atoms with Crippen LogP contribution in [0.25, 0.3) is 11.0 Å². The van der Waals surface area contributed by atoms with Crippen LogP contribution in [0.5, 0.6) is 11.5 Å². The number of aryl methyl sites for hydroxylation is 2. The maximum atomic E-state index is 13.1. The first-order valence-electron chi connectivity index (χ1n) is 11.1. The van der Waals surface area contributed by atoms with Gasteiger partial charge >= 0.3 is 12.3 Å². The first kappa shape index (κ1) is 24.1. The Morgan fingerprint density at radius 3 is 2.71 bits per heavy atom. The fraction of sp³-hybridized carbons (Fsp3) is 0.333. The Hall–Kier alpha value is -4.02. The number of anilines is 1. The van der Waals surface area contributed by atoms with Crippen molar-refractivity contribution in [3.8, 4) is 11.5 Å². The van der Waals surface area contributed by atoms with Crippen LogP contribution in [-0.4, -0.2) is 34.3 Å². The molecule has 0 radical (unpaired) electrons. The second kappa shape index (κ2) is 10.1. The fourth-order valence-corrected chi connectivity index (χ4v) is 3.61. The van der Waals surface area contributed by atoms with E-state index in [4.69, 9.17) is 4.74 Å². The van der Waals surface area contributed by atoms with Gasteiger partial charge in [-0.2, -0.15) is 0 Å². The van der Waals surface area contributed by atoms with Crippen LogP contribution in [0.15, 0.2) is 47.3 Å². The molecule has 0 fully saturated rings. The molecule has 0 aliphatic carbocycles. The Kier molecular flexibility index (Phi) is 6.94. The quantitative estimate of drug-likeness (QED) is 0.459. The number of carbonyl (C=O) groups is 2. The van der Waals surface area contributed by atoms with Gasteiger partial charge in [-0.15, -0.1) is 8.78 Å². The van der Waals surface area contributed by atoms with E-state index in [2.05, 4.69) is 19.8 Å². The first-order chi connectivity index (χ1) is 16.8. The molecule has 1 amide bonds. The maximum absolute atomic E-state index is 13.1. The number of fused-ring (bicyclic) bond motifs is 2. The molecular formula is C24H23F2N3O6. The number of esters is 1. The number of halogens is 2. The summed E-state index contributed by atoms with van der Waals surface area (Å²) in [5.74, 6) is -1.73. The molecule has 11 heteroatoms. The van der Waals surface area contributed by atoms with Gasteiger partial charge in [0.05, 0.1) is 17.5 Å². The molecule has 2 aromatic carbocycles. The van der Waals surface area contributed by atoms with E-state index in [1.807, 2.05) is 25.1 Å². The molecule has 1 aliphatic rings. The van der Waals surface area contributed by atoms with Crippen LogP contribution in [0.3, 0.4) is 0 Å². The normalized spacial score (nSPS) is 13.6. The summed E-state index contributed by atoms with van der Waals surface area (Å²) < 4.78 is 41.5. The third-order valence-corrected chi connectivity index (χ3v) is 5.27. The first-order valence-corrected chi connectivity index (χ1v) is 11.1. The van der Waals surface area contributed by atoms with Crippen molar-refractivity contribution in [2.75, 3.05) is 11.9 Å². The average Bonchev–Trinajstić information content (AvgIpc) is 3.14. The number of hydrogen-bond acceptors (Lipinski definition) is 7. The molecule has 1 aliphatic heterocycles. The van der Waals surface area contributed by atoms with Crippen LogP contribution in [0.4, 0.5) is 14.5 Å². The molecule has 2 heterocycles. The van der Waals surface area contributed by atoms with Gasteiger partial charge in [0.2, 0.25) is 0 Å². The smallest absolute Gasteiger partial charge is 0.456 e. The van der Waals surface area contributed by atoms with Crippen LogP contribution >= 0.6 is 0 Å². The summed E-state index contributed by atoms with van der Waals surface area (Å²) in [5.41, 5.74) is 1.56. The number of amides is 1. The minimum atomic E-state index is -3.76. The monoisotopic (exact) mass is 487 g/mol. The van der Waals surface area contributed by atoms with Gasteiger partial charge in [-0.25, -0.2) is 4.98 Å². The van der Waals surface area contributed by atoms with Gasteiger partial charge in [0, 0.05) is 24.7 Å². The van der Waals surface area contributed by atoms with Crippen molar-refractivity contribution in [1.82, 2.24) is 9.55 Å². The molecule has 35 heavy (non-hydrogen) atoms. The molecule has 0 atom stereocenters. The zero-order valence-electron chi connectivity index (χ0n) is 18.9. The number of para-hydroxylation sites is 2. The summed E-state index contributed by atoms with van der Waals surface area (Å²) in [6, 6.07) is 11.0. The molecule has 184 valence electrons. The Labute approximate surface area is 198 Å². The maximum Gasteiger partial charge on any atom is 0.586 e. The average molecular weight is 487 g/mol. The number of hydrogen-bond donors (Lipinski definition) is 1. The van der Waals surface area contributed by atoms with Crippen molar-refractivity contribution in [2.24, 2.45) is 0 Å². The van der Waals surface area contributed by atoms with E-state index < -0.39 is 24.8 Å². The fourth-order valence-electron chi connectivity index (χ4n) is 3.61. The Morgan fingerprint density at radius 2 is 1.91 bits per heavy atom. The zero-order valence-corrected chi connectivity index (χ0v) is 18.9. The number of benzene rings is 2. The third-order valence-electron chi connectivity index (χ3n) is 5.27. The third kappa shape index (κ3) is 5.73. The van der Waals surface area contributed by atoms with Gasteiger partial charge in [-0.1, -0.05) is 25.5 Å². The molecule has 9 nitrogen and oxygen atoms in total. The van der Waals surface area contributed by atoms with Crippen molar-refractivity contribution >= 4 is 28.6 Å². The van der Waals surface area contributed by atoms with E-state index in [0.717, 1.165) is 18.4 Å². The number of nitrogens with one attached hydrogen (secondary N) is 1. The summed E-state index contributed by atoms with van der Waals surface area (Å²) in [5, 5.41) is 2.42. The Balaban J connectivity index is 1.32. The van der Waals surface area contributed by atoms with Gasteiger partial charge in [0.15, 0.2) is 18.1 Å². The molecule has 3 aromatic rings. The molecule has 0 unspecified atom stereocenters. The number of aromatic nitrogens is 2. The summed E-state index contributed by atoms with van der Waals surface area (Å²) in [7, 11) is 0. The lowest BCUT2D eigenvalue weighted by molar-refractivity contribution is -0.286. The molecule has 1 N–H and O–H groups in total. The summed E-state index contributed by atoms with van der Waals surface area (Å²) in [4.78, 5) is 41.6. The highest BCUT2D eigenvalue weighted by atomic mass is 19.3. The minimum Gasteiger partial charge on any atom is -0.456 e. The highest BCUT2D eigenvalue weighted by molar-refractivity contribution is 5.93. The van der Waals surface area contributed by atoms with E-state index in [1.54, 1.807) is 10.6 Å². The predicted octanol–water partition coefficient (Wildman–Crippen LogP) is 3.63. The second-order valence-electron chi connectivity index (χ2n) is 7.90. The topological polar surface area (TPSA) is 109 Å². The Morgan fingerprint density at radius 1 is 1.14 bits per heavy atom. The van der Waals surface area contributed by atoms with E-state index in [-0.39, 0.29) is 41.3 Å². The predicted molar refractivity (Wildman–Crippen MR) is 121 cm³/mol. The summed E-state index contributed by atoms with van der Waals surface area (Å²) >= 11 is 0. The van der Waals surface area contributed by atoms with Crippen LogP contribution < -0.4 is 20.3 Å². The zero-order chi connectivity index (χ0) is 25.0. The van der Waals surface area contributed by atoms with Crippen molar-refractivity contribution in [3.05, 3.63) is 58.5 Å². The van der Waals surface area contributed by atoms with Gasteiger partial charge in [0.1, 0.15) is 5.69 Å². The SMILES string of the molecule is CCCCn1c(=O)c(CCC(=O)OCC(=O)Nc2ccc3c(c2)OC(F)(F)O3)nc2ccccc21. The molecule has 0 saturated heterocycles. The lowest BCUT2D eigenvalue weighted by Crippen LogP contribution is -2.27. The van der Waals surface area contributed by atoms with E-state index >= 15 is 0 Å². The lowest BCUT2D eigenvalue weighted by Gasteiger charge is -2.12. The van der Waals surface area contributed by atoms with Crippen molar-refractivity contribution < 1.29 is 32.6 Å². The summed E-state index contributed by atoms with van der Waals surface area (Å²) in [6.07, 6.45) is -2.09. The molecule has 0 spiro atoms. The highest BCUT2D eigenvalue weighted by Gasteiger charge is 2.43.